The Morgan fingerprint density at radius 1 is 1.18 bits per heavy atom. The molecule has 6 radical (unpaired) electrons. The summed E-state index contributed by atoms with van der Waals surface area (Å²) in [5.41, 5.74) is 0.719. The van der Waals surface area contributed by atoms with E-state index in [-0.39, 0.29) is 37.6 Å². The molecule has 1 aliphatic heterocycles. The number of hydrogen-bond donors (Lipinski definition) is 2. The Hall–Kier alpha value is -2.91. The van der Waals surface area contributed by atoms with Gasteiger partial charge >= 0.3 is 6.18 Å². The van der Waals surface area contributed by atoms with E-state index >= 15 is 0 Å². The lowest BCUT2D eigenvalue weighted by molar-refractivity contribution is -0.137. The van der Waals surface area contributed by atoms with E-state index in [2.05, 4.69) is 25.7 Å². The second-order valence-corrected chi connectivity index (χ2v) is 11.7. The highest BCUT2D eigenvalue weighted by Crippen LogP contribution is 2.36. The van der Waals surface area contributed by atoms with Crippen molar-refractivity contribution in [1.82, 2.24) is 29.4 Å². The molecule has 2 N–H and O–H groups in total. The quantitative estimate of drug-likeness (QED) is 0.313. The number of aryl methyl sites for hydroxylation is 1. The van der Waals surface area contributed by atoms with Crippen LogP contribution in [-0.2, 0) is 22.7 Å². The number of hydrogen-bond acceptors (Lipinski definition) is 7. The zero-order valence-corrected chi connectivity index (χ0v) is 22.5. The van der Waals surface area contributed by atoms with E-state index in [1.54, 1.807) is 19.1 Å². The SMILES string of the molecule is [B]C([B])([B])NCc1ccc(-n2cc(-c3nc(N[C@H]4CCN(S(C)(=O)=O)C[C@H]4F)ncc3C(F)(F)F)cn2)c(C)c1. The average molecular weight is 571 g/mol. The van der Waals surface area contributed by atoms with Crippen molar-refractivity contribution in [1.29, 1.82) is 0 Å². The van der Waals surface area contributed by atoms with Gasteiger partial charge in [-0.25, -0.2) is 27.5 Å². The minimum atomic E-state index is -4.77. The fourth-order valence-corrected chi connectivity index (χ4v) is 5.15. The molecule has 3 heterocycles. The van der Waals surface area contributed by atoms with Gasteiger partial charge in [-0.2, -0.15) is 22.6 Å². The zero-order chi connectivity index (χ0) is 29.5. The molecule has 0 saturated carbocycles. The number of aromatic nitrogens is 4. The first kappa shape index (κ1) is 30.1. The third kappa shape index (κ3) is 7.23. The monoisotopic (exact) mass is 571 g/mol. The van der Waals surface area contributed by atoms with Crippen LogP contribution in [0.3, 0.4) is 0 Å². The van der Waals surface area contributed by atoms with Gasteiger partial charge in [0.25, 0.3) is 0 Å². The lowest BCUT2D eigenvalue weighted by atomic mass is 9.49. The summed E-state index contributed by atoms with van der Waals surface area (Å²) in [7, 11) is 13.0. The van der Waals surface area contributed by atoms with Gasteiger partial charge in [0.15, 0.2) is 0 Å². The van der Waals surface area contributed by atoms with Crippen LogP contribution in [-0.4, -0.2) is 92.8 Å². The Morgan fingerprint density at radius 2 is 1.90 bits per heavy atom. The summed E-state index contributed by atoms with van der Waals surface area (Å²) in [6.07, 6.45) is -2.05. The molecule has 40 heavy (non-hydrogen) atoms. The van der Waals surface area contributed by atoms with Crippen molar-refractivity contribution in [2.24, 2.45) is 0 Å². The van der Waals surface area contributed by atoms with Crippen LogP contribution in [0.2, 0.25) is 0 Å². The largest absolute Gasteiger partial charge is 0.419 e. The molecule has 1 fully saturated rings. The molecule has 0 aliphatic carbocycles. The highest BCUT2D eigenvalue weighted by molar-refractivity contribution is 7.88. The lowest BCUT2D eigenvalue weighted by Gasteiger charge is -2.33. The smallest absolute Gasteiger partial charge is 0.348 e. The van der Waals surface area contributed by atoms with E-state index < -0.39 is 44.9 Å². The minimum Gasteiger partial charge on any atom is -0.348 e. The second-order valence-electron chi connectivity index (χ2n) is 9.71. The molecule has 206 valence electrons. The molecule has 0 amide bonds. The molecule has 1 aromatic carbocycles. The van der Waals surface area contributed by atoms with E-state index in [4.69, 9.17) is 23.5 Å². The van der Waals surface area contributed by atoms with Crippen LogP contribution in [0.5, 0.6) is 0 Å². The molecule has 3 aromatic rings. The van der Waals surface area contributed by atoms with Crippen LogP contribution in [0.1, 0.15) is 23.1 Å². The van der Waals surface area contributed by atoms with Crippen molar-refractivity contribution in [2.75, 3.05) is 24.7 Å². The average Bonchev–Trinajstić information content (AvgIpc) is 3.32. The summed E-state index contributed by atoms with van der Waals surface area (Å²) >= 11 is 0. The third-order valence-corrected chi connectivity index (χ3v) is 7.61. The summed E-state index contributed by atoms with van der Waals surface area (Å²) in [5, 5.41) is 8.14. The number of nitrogens with one attached hydrogen (secondary N) is 2. The normalized spacial score (nSPS) is 19.1. The molecule has 2 aromatic heterocycles. The summed E-state index contributed by atoms with van der Waals surface area (Å²) in [6, 6.07) is 4.43. The molecule has 1 aliphatic rings. The summed E-state index contributed by atoms with van der Waals surface area (Å²) < 4.78 is 82.2. The maximum atomic E-state index is 14.7. The number of rotatable bonds is 8. The van der Waals surface area contributed by atoms with Crippen LogP contribution in [0.25, 0.3) is 16.9 Å². The second kappa shape index (κ2) is 11.2. The van der Waals surface area contributed by atoms with Gasteiger partial charge in [0, 0.05) is 37.6 Å². The van der Waals surface area contributed by atoms with Gasteiger partial charge in [0.1, 0.15) is 11.7 Å². The maximum Gasteiger partial charge on any atom is 0.419 e. The fraction of sp³-hybridized carbons (Fsp3) is 0.435. The van der Waals surface area contributed by atoms with Gasteiger partial charge in [-0.05, 0) is 30.5 Å². The van der Waals surface area contributed by atoms with Crippen LogP contribution >= 0.6 is 0 Å². The van der Waals surface area contributed by atoms with Crippen LogP contribution in [0, 0.1) is 6.92 Å². The van der Waals surface area contributed by atoms with Crippen molar-refractivity contribution in [3.63, 3.8) is 0 Å². The topological polar surface area (TPSA) is 105 Å². The third-order valence-electron chi connectivity index (χ3n) is 6.34. The molecule has 2 atom stereocenters. The van der Waals surface area contributed by atoms with Crippen molar-refractivity contribution < 1.29 is 26.0 Å². The van der Waals surface area contributed by atoms with E-state index in [9.17, 15) is 26.0 Å². The predicted octanol–water partition coefficient (Wildman–Crippen LogP) is 1.65. The molecule has 0 unspecified atom stereocenters. The minimum absolute atomic E-state index is 0.0525. The number of alkyl halides is 4. The van der Waals surface area contributed by atoms with Crippen molar-refractivity contribution >= 4 is 39.5 Å². The highest BCUT2D eigenvalue weighted by Gasteiger charge is 2.37. The lowest BCUT2D eigenvalue weighted by Crippen LogP contribution is -2.49. The van der Waals surface area contributed by atoms with Gasteiger partial charge in [0.2, 0.25) is 16.0 Å². The van der Waals surface area contributed by atoms with E-state index in [0.717, 1.165) is 21.7 Å². The summed E-state index contributed by atoms with van der Waals surface area (Å²) in [5.74, 6) is -0.222. The Morgan fingerprint density at radius 3 is 2.50 bits per heavy atom. The van der Waals surface area contributed by atoms with Gasteiger partial charge < -0.3 is 10.6 Å². The first-order valence-electron chi connectivity index (χ1n) is 12.1. The highest BCUT2D eigenvalue weighted by atomic mass is 32.2. The Balaban J connectivity index is 1.59. The van der Waals surface area contributed by atoms with E-state index in [1.165, 1.54) is 17.1 Å². The van der Waals surface area contributed by atoms with Crippen LogP contribution in [0.4, 0.5) is 23.5 Å². The zero-order valence-electron chi connectivity index (χ0n) is 21.7. The molecular weight excluding hydrogens is 547 g/mol. The van der Waals surface area contributed by atoms with Crippen molar-refractivity contribution in [3.8, 4) is 16.9 Å². The van der Waals surface area contributed by atoms with Crippen LogP contribution < -0.4 is 10.6 Å². The Kier molecular flexibility index (Phi) is 8.39. The first-order chi connectivity index (χ1) is 18.5. The van der Waals surface area contributed by atoms with Gasteiger partial charge in [0.05, 0.1) is 53.4 Å². The molecule has 17 heteroatoms. The van der Waals surface area contributed by atoms with Gasteiger partial charge in [-0.3, -0.25) is 0 Å². The fourth-order valence-electron chi connectivity index (χ4n) is 4.30. The number of anilines is 1. The van der Waals surface area contributed by atoms with Crippen molar-refractivity contribution in [2.45, 2.75) is 43.5 Å². The number of piperidine rings is 1. The van der Waals surface area contributed by atoms with E-state index in [1.807, 2.05) is 6.07 Å². The molecule has 9 nitrogen and oxygen atoms in total. The van der Waals surface area contributed by atoms with Crippen molar-refractivity contribution in [3.05, 3.63) is 53.5 Å². The maximum absolute atomic E-state index is 14.7. The number of sulfonamides is 1. The standard InChI is InChI=1S/C23H24B3F4N7O2S/c1-13-7-14(8-32-23(24,25)26)3-4-19(13)37-11-15(9-33-37)20-16(22(28,29)30)10-31-21(35-20)34-18-5-6-36(12-17(18)27)40(2,38)39/h3-4,7,9-11,17-18,32H,5-6,8,12H2,1-2H3,(H,31,34,35)/t17-,18+/m1/s1. The Bertz CT molecular complexity index is 1480. The molecular formula is C23H24B3F4N7O2S. The summed E-state index contributed by atoms with van der Waals surface area (Å²) in [4.78, 5) is 7.81. The number of halogens is 4. The molecule has 0 spiro atoms. The number of benzene rings is 1. The molecule has 1 saturated heterocycles. The molecule has 0 bridgehead atoms. The summed E-state index contributed by atoms with van der Waals surface area (Å²) in [6.45, 7) is 1.76. The van der Waals surface area contributed by atoms with E-state index in [0.29, 0.717) is 11.9 Å². The Labute approximate surface area is 233 Å². The van der Waals surface area contributed by atoms with Gasteiger partial charge in [-0.15, -0.1) is 0 Å². The first-order valence-corrected chi connectivity index (χ1v) is 13.9. The predicted molar refractivity (Wildman–Crippen MR) is 145 cm³/mol. The van der Waals surface area contributed by atoms with Crippen LogP contribution in [0.15, 0.2) is 36.8 Å². The van der Waals surface area contributed by atoms with Gasteiger partial charge in [-0.1, -0.05) is 17.4 Å². The molecule has 4 rings (SSSR count). The number of nitrogens with zero attached hydrogens (tertiary/aromatic N) is 5.